The van der Waals surface area contributed by atoms with Crippen molar-refractivity contribution in [1.82, 2.24) is 9.97 Å². The molecule has 0 amide bonds. The Morgan fingerprint density at radius 3 is 2.03 bits per heavy atom. The molecule has 0 N–H and O–H groups in total. The van der Waals surface area contributed by atoms with Gasteiger partial charge in [0.25, 0.3) is 0 Å². The monoisotopic (exact) mass is 392 g/mol. The largest absolute Gasteiger partial charge is 0.251 e. The van der Waals surface area contributed by atoms with Crippen molar-refractivity contribution in [1.29, 1.82) is 0 Å². The van der Waals surface area contributed by atoms with E-state index in [1.807, 2.05) is 45.9 Å². The van der Waals surface area contributed by atoms with Crippen LogP contribution in [0.4, 0.5) is 0 Å². The molecule has 0 radical (unpaired) electrons. The Hall–Kier alpha value is -3.52. The lowest BCUT2D eigenvalue weighted by Gasteiger charge is -2.13. The fraction of sp³-hybridized carbons (Fsp3) is 0.143. The Balaban J connectivity index is 0.00000124. The van der Waals surface area contributed by atoms with Gasteiger partial charge in [-0.1, -0.05) is 87.7 Å². The van der Waals surface area contributed by atoms with Crippen LogP contribution in [0.25, 0.3) is 38.5 Å². The van der Waals surface area contributed by atoms with Gasteiger partial charge in [-0.25, -0.2) is 0 Å². The van der Waals surface area contributed by atoms with Gasteiger partial charge in [0.05, 0.1) is 11.0 Å². The second kappa shape index (κ2) is 9.32. The second-order valence-corrected chi connectivity index (χ2v) is 6.91. The number of aryl methyl sites for hydroxylation is 2. The predicted octanol–water partition coefficient (Wildman–Crippen LogP) is 7.85. The van der Waals surface area contributed by atoms with Crippen LogP contribution >= 0.6 is 0 Å². The minimum atomic E-state index is 0.921. The highest BCUT2D eigenvalue weighted by Crippen LogP contribution is 2.35. The molecule has 0 saturated heterocycles. The molecule has 2 heteroatoms. The number of nitrogens with zero attached hydrogens (tertiary/aromatic N) is 2. The third kappa shape index (κ3) is 3.95. The molecular weight excluding hydrogens is 364 g/mol. The number of fused-ring (bicyclic) bond motifs is 3. The maximum absolute atomic E-state index is 4.88. The van der Waals surface area contributed by atoms with Crippen molar-refractivity contribution in [2.24, 2.45) is 0 Å². The van der Waals surface area contributed by atoms with Crippen LogP contribution in [0, 0.1) is 13.8 Å². The van der Waals surface area contributed by atoms with Crippen molar-refractivity contribution in [3.8, 4) is 11.1 Å². The Morgan fingerprint density at radius 2 is 1.40 bits per heavy atom. The molecular formula is C28H28N2. The number of benzene rings is 2. The number of rotatable bonds is 4. The highest BCUT2D eigenvalue weighted by atomic mass is 14.8. The van der Waals surface area contributed by atoms with Crippen LogP contribution in [0.3, 0.4) is 0 Å². The van der Waals surface area contributed by atoms with E-state index in [1.54, 1.807) is 6.08 Å². The molecule has 4 aromatic rings. The van der Waals surface area contributed by atoms with Crippen molar-refractivity contribution >= 4 is 27.4 Å². The Kier molecular flexibility index (Phi) is 6.58. The van der Waals surface area contributed by atoms with Crippen molar-refractivity contribution in [2.75, 3.05) is 0 Å². The first-order valence-electron chi connectivity index (χ1n) is 10.3. The fourth-order valence-corrected chi connectivity index (χ4v) is 3.72. The van der Waals surface area contributed by atoms with Crippen LogP contribution in [0.15, 0.2) is 86.0 Å². The minimum Gasteiger partial charge on any atom is -0.251 e. The van der Waals surface area contributed by atoms with Crippen molar-refractivity contribution < 1.29 is 0 Å². The van der Waals surface area contributed by atoms with Gasteiger partial charge in [-0.3, -0.25) is 9.97 Å². The summed E-state index contributed by atoms with van der Waals surface area (Å²) in [6.07, 6.45) is 5.62. The molecule has 2 aromatic carbocycles. The van der Waals surface area contributed by atoms with Gasteiger partial charge >= 0.3 is 0 Å². The third-order valence-electron chi connectivity index (χ3n) is 4.93. The number of hydrogen-bond donors (Lipinski definition) is 0. The van der Waals surface area contributed by atoms with Crippen LogP contribution < -0.4 is 0 Å². The summed E-state index contributed by atoms with van der Waals surface area (Å²) in [6, 6.07) is 19.0. The summed E-state index contributed by atoms with van der Waals surface area (Å²) >= 11 is 0. The zero-order valence-corrected chi connectivity index (χ0v) is 18.2. The highest BCUT2D eigenvalue weighted by Gasteiger charge is 2.14. The van der Waals surface area contributed by atoms with Crippen LogP contribution in [0.1, 0.15) is 30.8 Å². The Labute approximate surface area is 179 Å². The summed E-state index contributed by atoms with van der Waals surface area (Å²) < 4.78 is 0. The minimum absolute atomic E-state index is 0.921. The molecule has 0 atom stereocenters. The predicted molar refractivity (Wildman–Crippen MR) is 132 cm³/mol. The van der Waals surface area contributed by atoms with E-state index in [0.29, 0.717) is 0 Å². The maximum atomic E-state index is 4.88. The lowest BCUT2D eigenvalue weighted by molar-refractivity contribution is 1.23. The molecule has 2 nitrogen and oxygen atoms in total. The molecule has 150 valence electrons. The topological polar surface area (TPSA) is 25.8 Å². The Bertz CT molecular complexity index is 1250. The lowest BCUT2D eigenvalue weighted by atomic mass is 9.95. The molecule has 0 bridgehead atoms. The van der Waals surface area contributed by atoms with Gasteiger partial charge in [0.2, 0.25) is 0 Å². The maximum Gasteiger partial charge on any atom is 0.0974 e. The second-order valence-electron chi connectivity index (χ2n) is 6.91. The van der Waals surface area contributed by atoms with E-state index in [2.05, 4.69) is 61.7 Å². The van der Waals surface area contributed by atoms with E-state index in [9.17, 15) is 0 Å². The normalized spacial score (nSPS) is 11.1. The zero-order chi connectivity index (χ0) is 21.7. The quantitative estimate of drug-likeness (QED) is 0.261. The molecule has 4 rings (SSSR count). The lowest BCUT2D eigenvalue weighted by Crippen LogP contribution is -1.95. The third-order valence-corrected chi connectivity index (χ3v) is 4.93. The fourth-order valence-electron chi connectivity index (χ4n) is 3.72. The molecule has 30 heavy (non-hydrogen) atoms. The number of aromatic nitrogens is 2. The Morgan fingerprint density at radius 1 is 0.800 bits per heavy atom. The summed E-state index contributed by atoms with van der Waals surface area (Å²) in [5, 5.41) is 2.18. The SMILES string of the molecule is C=C/C=C(\C=C)c1cc(C)nc2c1ccc1c(-c3ccccc3)cc(C)nc12.CC. The smallest absolute Gasteiger partial charge is 0.0974 e. The molecule has 0 fully saturated rings. The zero-order valence-electron chi connectivity index (χ0n) is 18.2. The van der Waals surface area contributed by atoms with Crippen LogP contribution in [-0.2, 0) is 0 Å². The van der Waals surface area contributed by atoms with Gasteiger partial charge in [0.1, 0.15) is 0 Å². The van der Waals surface area contributed by atoms with Gasteiger partial charge in [-0.05, 0) is 48.2 Å². The van der Waals surface area contributed by atoms with Gasteiger partial charge in [-0.15, -0.1) is 0 Å². The van der Waals surface area contributed by atoms with E-state index in [4.69, 9.17) is 9.97 Å². The van der Waals surface area contributed by atoms with Crippen molar-refractivity contribution in [2.45, 2.75) is 27.7 Å². The average molecular weight is 393 g/mol. The first-order valence-corrected chi connectivity index (χ1v) is 10.3. The summed E-state index contributed by atoms with van der Waals surface area (Å²) in [4.78, 5) is 9.74. The first-order chi connectivity index (χ1) is 14.6. The molecule has 0 unspecified atom stereocenters. The van der Waals surface area contributed by atoms with Crippen molar-refractivity contribution in [3.63, 3.8) is 0 Å². The van der Waals surface area contributed by atoms with Gasteiger partial charge in [-0.2, -0.15) is 0 Å². The molecule has 0 spiro atoms. The van der Waals surface area contributed by atoms with Crippen molar-refractivity contribution in [3.05, 3.63) is 103 Å². The molecule has 0 aliphatic rings. The molecule has 2 heterocycles. The van der Waals surface area contributed by atoms with Crippen LogP contribution in [-0.4, -0.2) is 9.97 Å². The molecule has 2 aromatic heterocycles. The first kappa shape index (κ1) is 21.2. The summed E-state index contributed by atoms with van der Waals surface area (Å²) in [6.45, 7) is 15.9. The van der Waals surface area contributed by atoms with E-state index >= 15 is 0 Å². The van der Waals surface area contributed by atoms with Gasteiger partial charge < -0.3 is 0 Å². The molecule has 0 aliphatic heterocycles. The number of hydrogen-bond acceptors (Lipinski definition) is 2. The molecule has 0 saturated carbocycles. The van der Waals surface area contributed by atoms with Crippen LogP contribution in [0.2, 0.25) is 0 Å². The van der Waals surface area contributed by atoms with E-state index in [-0.39, 0.29) is 0 Å². The van der Waals surface area contributed by atoms with Gasteiger partial charge in [0, 0.05) is 22.2 Å². The standard InChI is InChI=1S/C26H22N2.C2H6/c1-5-10-19(6-2)23-15-17(3)27-25-21(23)13-14-22-24(16-18(4)28-26(22)25)20-11-8-7-9-12-20;1-2/h5-16H,1-2H2,3-4H3;1-2H3/b19-10+;. The van der Waals surface area contributed by atoms with E-state index < -0.39 is 0 Å². The highest BCUT2D eigenvalue weighted by molar-refractivity contribution is 6.11. The van der Waals surface area contributed by atoms with E-state index in [0.717, 1.165) is 44.3 Å². The number of allylic oxidation sites excluding steroid dienone is 4. The summed E-state index contributed by atoms with van der Waals surface area (Å²) in [5.41, 5.74) is 8.29. The van der Waals surface area contributed by atoms with E-state index in [1.165, 1.54) is 11.1 Å². The van der Waals surface area contributed by atoms with Gasteiger partial charge in [0.15, 0.2) is 0 Å². The number of pyridine rings is 2. The summed E-state index contributed by atoms with van der Waals surface area (Å²) in [7, 11) is 0. The summed E-state index contributed by atoms with van der Waals surface area (Å²) in [5.74, 6) is 0. The average Bonchev–Trinajstić information content (AvgIpc) is 2.78. The van der Waals surface area contributed by atoms with Crippen LogP contribution in [0.5, 0.6) is 0 Å². The molecule has 0 aliphatic carbocycles.